The van der Waals surface area contributed by atoms with Gasteiger partial charge in [0.15, 0.2) is 0 Å². The van der Waals surface area contributed by atoms with Crippen LogP contribution in [0.3, 0.4) is 0 Å². The van der Waals surface area contributed by atoms with E-state index in [0.29, 0.717) is 13.2 Å². The highest BCUT2D eigenvalue weighted by Crippen LogP contribution is 2.17. The summed E-state index contributed by atoms with van der Waals surface area (Å²) in [5.74, 6) is 0. The van der Waals surface area contributed by atoms with Crippen molar-refractivity contribution in [2.45, 2.75) is 6.10 Å². The minimum atomic E-state index is -0.169. The minimum Gasteiger partial charge on any atom is -0.394 e. The third kappa shape index (κ3) is 2.53. The Kier molecular flexibility index (Phi) is 4.16. The molecule has 0 radical (unpaired) electrons. The lowest BCUT2D eigenvalue weighted by molar-refractivity contribution is 0.0327. The zero-order valence-corrected chi connectivity index (χ0v) is 7.46. The predicted molar refractivity (Wildman–Crippen MR) is 46.9 cm³/mol. The number of rotatable bonds is 5. The average Bonchev–Trinajstić information content (AvgIpc) is 2.59. The SMILES string of the molecule is NCC(OCCO)c1nccs1. The first-order valence-electron chi connectivity index (χ1n) is 3.70. The summed E-state index contributed by atoms with van der Waals surface area (Å²) in [6.45, 7) is 0.719. The van der Waals surface area contributed by atoms with Crippen molar-refractivity contribution in [3.63, 3.8) is 0 Å². The summed E-state index contributed by atoms with van der Waals surface area (Å²) in [6.07, 6.45) is 1.54. The summed E-state index contributed by atoms with van der Waals surface area (Å²) in [4.78, 5) is 4.07. The monoisotopic (exact) mass is 188 g/mol. The van der Waals surface area contributed by atoms with Crippen LogP contribution in [0.2, 0.25) is 0 Å². The van der Waals surface area contributed by atoms with Crippen LogP contribution in [0, 0.1) is 0 Å². The second-order valence-corrected chi connectivity index (χ2v) is 3.12. The number of ether oxygens (including phenoxy) is 1. The van der Waals surface area contributed by atoms with E-state index in [1.54, 1.807) is 6.20 Å². The first-order valence-corrected chi connectivity index (χ1v) is 4.58. The highest BCUT2D eigenvalue weighted by molar-refractivity contribution is 7.09. The van der Waals surface area contributed by atoms with Crippen LogP contribution in [0.5, 0.6) is 0 Å². The Bertz CT molecular complexity index is 203. The van der Waals surface area contributed by atoms with E-state index in [4.69, 9.17) is 15.6 Å². The number of hydrogen-bond acceptors (Lipinski definition) is 5. The van der Waals surface area contributed by atoms with Gasteiger partial charge >= 0.3 is 0 Å². The molecule has 1 unspecified atom stereocenters. The van der Waals surface area contributed by atoms with Crippen molar-refractivity contribution in [2.24, 2.45) is 5.73 Å². The summed E-state index contributed by atoms with van der Waals surface area (Å²) >= 11 is 1.51. The molecule has 68 valence electrons. The molecule has 0 saturated carbocycles. The molecule has 1 heterocycles. The maximum absolute atomic E-state index is 8.53. The van der Waals surface area contributed by atoms with Gasteiger partial charge in [-0.05, 0) is 0 Å². The van der Waals surface area contributed by atoms with Crippen molar-refractivity contribution >= 4 is 11.3 Å². The van der Waals surface area contributed by atoms with E-state index < -0.39 is 0 Å². The molecule has 3 N–H and O–H groups in total. The van der Waals surface area contributed by atoms with Gasteiger partial charge in [-0.15, -0.1) is 11.3 Å². The van der Waals surface area contributed by atoms with E-state index in [9.17, 15) is 0 Å². The van der Waals surface area contributed by atoms with Crippen LogP contribution < -0.4 is 5.73 Å². The topological polar surface area (TPSA) is 68.4 Å². The lowest BCUT2D eigenvalue weighted by Gasteiger charge is -2.11. The van der Waals surface area contributed by atoms with Crippen molar-refractivity contribution in [2.75, 3.05) is 19.8 Å². The zero-order valence-electron chi connectivity index (χ0n) is 6.64. The molecule has 0 aromatic carbocycles. The Morgan fingerprint density at radius 3 is 3.08 bits per heavy atom. The normalized spacial score (nSPS) is 13.2. The molecule has 0 aliphatic carbocycles. The second kappa shape index (κ2) is 5.21. The maximum atomic E-state index is 8.53. The third-order valence-corrected chi connectivity index (χ3v) is 2.22. The van der Waals surface area contributed by atoms with Crippen LogP contribution in [0.15, 0.2) is 11.6 Å². The number of aromatic nitrogens is 1. The fourth-order valence-corrected chi connectivity index (χ4v) is 1.53. The quantitative estimate of drug-likeness (QED) is 0.690. The molecule has 0 amide bonds. The zero-order chi connectivity index (χ0) is 8.81. The first-order chi connectivity index (χ1) is 5.88. The molecular formula is C7H12N2O2S. The largest absolute Gasteiger partial charge is 0.394 e. The summed E-state index contributed by atoms with van der Waals surface area (Å²) < 4.78 is 5.26. The van der Waals surface area contributed by atoms with Crippen molar-refractivity contribution < 1.29 is 9.84 Å². The van der Waals surface area contributed by atoms with Gasteiger partial charge in [-0.25, -0.2) is 4.98 Å². The van der Waals surface area contributed by atoms with Gasteiger partial charge in [-0.3, -0.25) is 0 Å². The summed E-state index contributed by atoms with van der Waals surface area (Å²) in [6, 6.07) is 0. The first kappa shape index (κ1) is 9.60. The van der Waals surface area contributed by atoms with Crippen LogP contribution >= 0.6 is 11.3 Å². The Hall–Kier alpha value is -0.490. The van der Waals surface area contributed by atoms with Crippen LogP contribution in [-0.4, -0.2) is 29.8 Å². The van der Waals surface area contributed by atoms with Gasteiger partial charge in [-0.1, -0.05) is 0 Å². The molecule has 0 saturated heterocycles. The lowest BCUT2D eigenvalue weighted by Crippen LogP contribution is -2.17. The van der Waals surface area contributed by atoms with Gasteiger partial charge < -0.3 is 15.6 Å². The van der Waals surface area contributed by atoms with Crippen LogP contribution in [0.1, 0.15) is 11.1 Å². The summed E-state index contributed by atoms with van der Waals surface area (Å²) in [5, 5.41) is 11.3. The molecule has 0 aliphatic rings. The molecule has 0 aliphatic heterocycles. The summed E-state index contributed by atoms with van der Waals surface area (Å²) in [7, 11) is 0. The molecular weight excluding hydrogens is 176 g/mol. The Labute approximate surface area is 75.0 Å². The molecule has 0 bridgehead atoms. The van der Waals surface area contributed by atoms with E-state index in [1.165, 1.54) is 11.3 Å². The van der Waals surface area contributed by atoms with E-state index in [2.05, 4.69) is 4.98 Å². The van der Waals surface area contributed by atoms with Crippen molar-refractivity contribution in [1.29, 1.82) is 0 Å². The fraction of sp³-hybridized carbons (Fsp3) is 0.571. The van der Waals surface area contributed by atoms with Crippen LogP contribution in [0.4, 0.5) is 0 Å². The molecule has 0 fully saturated rings. The predicted octanol–water partition coefficient (Wildman–Crippen LogP) is 0.152. The van der Waals surface area contributed by atoms with E-state index >= 15 is 0 Å². The third-order valence-electron chi connectivity index (χ3n) is 1.35. The van der Waals surface area contributed by atoms with Crippen molar-refractivity contribution in [1.82, 2.24) is 4.98 Å². The van der Waals surface area contributed by atoms with E-state index in [1.807, 2.05) is 5.38 Å². The Morgan fingerprint density at radius 1 is 1.75 bits per heavy atom. The molecule has 1 atom stereocenters. The molecule has 12 heavy (non-hydrogen) atoms. The molecule has 1 aromatic heterocycles. The van der Waals surface area contributed by atoms with Crippen LogP contribution in [0.25, 0.3) is 0 Å². The Morgan fingerprint density at radius 2 is 2.58 bits per heavy atom. The standard InChI is InChI=1S/C7H12N2O2S/c8-5-6(11-3-2-10)7-9-1-4-12-7/h1,4,6,10H,2-3,5,8H2. The average molecular weight is 188 g/mol. The van der Waals surface area contributed by atoms with Gasteiger partial charge in [0.25, 0.3) is 0 Å². The van der Waals surface area contributed by atoms with Crippen molar-refractivity contribution in [3.05, 3.63) is 16.6 Å². The number of aliphatic hydroxyl groups excluding tert-OH is 1. The molecule has 4 nitrogen and oxygen atoms in total. The maximum Gasteiger partial charge on any atom is 0.123 e. The number of thiazole rings is 1. The molecule has 0 spiro atoms. The highest BCUT2D eigenvalue weighted by Gasteiger charge is 2.11. The highest BCUT2D eigenvalue weighted by atomic mass is 32.1. The van der Waals surface area contributed by atoms with Gasteiger partial charge in [0.1, 0.15) is 11.1 Å². The fourth-order valence-electron chi connectivity index (χ4n) is 0.829. The molecule has 1 aromatic rings. The molecule has 5 heteroatoms. The van der Waals surface area contributed by atoms with Gasteiger partial charge in [0.2, 0.25) is 0 Å². The number of hydrogen-bond donors (Lipinski definition) is 2. The van der Waals surface area contributed by atoms with Gasteiger partial charge in [0, 0.05) is 18.1 Å². The molecule has 1 rings (SSSR count). The minimum absolute atomic E-state index is 0.0157. The summed E-state index contributed by atoms with van der Waals surface area (Å²) in [5.41, 5.74) is 5.46. The van der Waals surface area contributed by atoms with Crippen molar-refractivity contribution in [3.8, 4) is 0 Å². The smallest absolute Gasteiger partial charge is 0.123 e. The lowest BCUT2D eigenvalue weighted by atomic mass is 10.4. The second-order valence-electron chi connectivity index (χ2n) is 2.19. The van der Waals surface area contributed by atoms with Gasteiger partial charge in [0.05, 0.1) is 13.2 Å². The van der Waals surface area contributed by atoms with Gasteiger partial charge in [-0.2, -0.15) is 0 Å². The number of nitrogens with two attached hydrogens (primary N) is 1. The van der Waals surface area contributed by atoms with E-state index in [0.717, 1.165) is 5.01 Å². The van der Waals surface area contributed by atoms with Crippen LogP contribution in [-0.2, 0) is 4.74 Å². The number of aliphatic hydroxyl groups is 1. The Balaban J connectivity index is 2.45. The van der Waals surface area contributed by atoms with E-state index in [-0.39, 0.29) is 12.7 Å². The number of nitrogens with zero attached hydrogens (tertiary/aromatic N) is 1.